The van der Waals surface area contributed by atoms with Gasteiger partial charge < -0.3 is 10.2 Å². The van der Waals surface area contributed by atoms with Gasteiger partial charge in [0.2, 0.25) is 10.0 Å². The van der Waals surface area contributed by atoms with Gasteiger partial charge in [-0.1, -0.05) is 29.8 Å². The summed E-state index contributed by atoms with van der Waals surface area (Å²) in [6.45, 7) is -0.0892. The van der Waals surface area contributed by atoms with E-state index in [4.69, 9.17) is 16.7 Å². The van der Waals surface area contributed by atoms with Crippen molar-refractivity contribution in [1.82, 2.24) is 4.31 Å². The second-order valence-corrected chi connectivity index (χ2v) is 8.23. The van der Waals surface area contributed by atoms with E-state index in [0.717, 1.165) is 4.31 Å². The van der Waals surface area contributed by atoms with Crippen molar-refractivity contribution in [2.24, 2.45) is 5.92 Å². The van der Waals surface area contributed by atoms with Crippen molar-refractivity contribution in [1.29, 1.82) is 0 Å². The Kier molecular flexibility index (Phi) is 5.84. The van der Waals surface area contributed by atoms with Crippen LogP contribution in [-0.2, 0) is 26.0 Å². The van der Waals surface area contributed by atoms with Crippen LogP contribution in [0.3, 0.4) is 0 Å². The van der Waals surface area contributed by atoms with E-state index in [2.05, 4.69) is 0 Å². The summed E-state index contributed by atoms with van der Waals surface area (Å²) in [5, 5.41) is 18.5. The van der Waals surface area contributed by atoms with Crippen LogP contribution in [0.5, 0.6) is 0 Å². The molecule has 0 aliphatic carbocycles. The minimum absolute atomic E-state index is 0.00690. The molecule has 1 aliphatic heterocycles. The van der Waals surface area contributed by atoms with Crippen LogP contribution in [0.1, 0.15) is 18.4 Å². The normalized spacial score (nSPS) is 21.7. The van der Waals surface area contributed by atoms with Gasteiger partial charge in [-0.25, -0.2) is 8.42 Å². The first-order valence-electron chi connectivity index (χ1n) is 7.38. The number of sulfonamides is 1. The molecule has 1 heterocycles. The van der Waals surface area contributed by atoms with Gasteiger partial charge in [0.25, 0.3) is 0 Å². The third-order valence-electron chi connectivity index (χ3n) is 4.04. The van der Waals surface area contributed by atoms with Gasteiger partial charge in [0.15, 0.2) is 0 Å². The predicted octanol–water partition coefficient (Wildman–Crippen LogP) is 1.46. The molecule has 0 spiro atoms. The molecular weight excluding hydrogens is 358 g/mol. The molecule has 7 nitrogen and oxygen atoms in total. The van der Waals surface area contributed by atoms with Gasteiger partial charge in [0, 0.05) is 18.0 Å². The quantitative estimate of drug-likeness (QED) is 0.746. The van der Waals surface area contributed by atoms with Gasteiger partial charge in [-0.15, -0.1) is 0 Å². The minimum Gasteiger partial charge on any atom is -0.481 e. The highest BCUT2D eigenvalue weighted by atomic mass is 35.5. The lowest BCUT2D eigenvalue weighted by atomic mass is 10.0. The SMILES string of the molecule is O=C(O)CC1C[C@@H](C(=O)O)N(S(=O)(=O)CCc2ccccc2Cl)C1. The maximum atomic E-state index is 12.5. The van der Waals surface area contributed by atoms with Crippen LogP contribution in [0.2, 0.25) is 5.02 Å². The average molecular weight is 376 g/mol. The van der Waals surface area contributed by atoms with E-state index in [0.29, 0.717) is 10.6 Å². The van der Waals surface area contributed by atoms with E-state index in [-0.39, 0.29) is 31.6 Å². The summed E-state index contributed by atoms with van der Waals surface area (Å²) in [4.78, 5) is 22.2. The molecule has 2 rings (SSSR count). The molecule has 1 fully saturated rings. The number of nitrogens with zero attached hydrogens (tertiary/aromatic N) is 1. The molecule has 1 aliphatic rings. The Balaban J connectivity index is 2.12. The molecule has 2 atom stereocenters. The zero-order valence-electron chi connectivity index (χ0n) is 12.8. The lowest BCUT2D eigenvalue weighted by molar-refractivity contribution is -0.141. The highest BCUT2D eigenvalue weighted by Gasteiger charge is 2.43. The Morgan fingerprint density at radius 2 is 1.92 bits per heavy atom. The summed E-state index contributed by atoms with van der Waals surface area (Å²) in [5.41, 5.74) is 0.663. The standard InChI is InChI=1S/C15H18ClNO6S/c16-12-4-2-1-3-11(12)5-6-24(22,23)17-9-10(8-14(18)19)7-13(17)15(20)21/h1-4,10,13H,5-9H2,(H,18,19)(H,20,21)/t10?,13-/m0/s1. The van der Waals surface area contributed by atoms with Crippen LogP contribution in [0.4, 0.5) is 0 Å². The smallest absolute Gasteiger partial charge is 0.322 e. The number of halogens is 1. The van der Waals surface area contributed by atoms with Crippen LogP contribution in [-0.4, -0.2) is 53.2 Å². The van der Waals surface area contributed by atoms with Crippen molar-refractivity contribution in [3.8, 4) is 0 Å². The van der Waals surface area contributed by atoms with Gasteiger partial charge in [0.05, 0.1) is 5.75 Å². The number of carboxylic acid groups (broad SMARTS) is 2. The van der Waals surface area contributed by atoms with Gasteiger partial charge in [-0.3, -0.25) is 9.59 Å². The minimum atomic E-state index is -3.84. The number of aryl methyl sites for hydroxylation is 1. The molecule has 0 bridgehead atoms. The predicted molar refractivity (Wildman–Crippen MR) is 87.4 cm³/mol. The number of carboxylic acids is 2. The summed E-state index contributed by atoms with van der Waals surface area (Å²) < 4.78 is 26.0. The lowest BCUT2D eigenvalue weighted by Gasteiger charge is -2.21. The van der Waals surface area contributed by atoms with E-state index in [9.17, 15) is 23.1 Å². The van der Waals surface area contributed by atoms with Gasteiger partial charge in [-0.2, -0.15) is 4.31 Å². The van der Waals surface area contributed by atoms with Crippen LogP contribution < -0.4 is 0 Å². The first-order chi connectivity index (χ1) is 11.2. The number of hydrogen-bond acceptors (Lipinski definition) is 4. The molecule has 24 heavy (non-hydrogen) atoms. The lowest BCUT2D eigenvalue weighted by Crippen LogP contribution is -2.42. The van der Waals surface area contributed by atoms with E-state index >= 15 is 0 Å². The fourth-order valence-corrected chi connectivity index (χ4v) is 4.82. The van der Waals surface area contributed by atoms with Crippen molar-refractivity contribution >= 4 is 33.6 Å². The zero-order chi connectivity index (χ0) is 17.9. The molecule has 9 heteroatoms. The number of rotatable bonds is 7. The molecular formula is C15H18ClNO6S. The first-order valence-corrected chi connectivity index (χ1v) is 9.37. The highest BCUT2D eigenvalue weighted by molar-refractivity contribution is 7.89. The number of hydrogen-bond donors (Lipinski definition) is 2. The monoisotopic (exact) mass is 375 g/mol. The fourth-order valence-electron chi connectivity index (χ4n) is 2.87. The summed E-state index contributed by atoms with van der Waals surface area (Å²) in [7, 11) is -3.84. The van der Waals surface area contributed by atoms with Gasteiger partial charge in [0.1, 0.15) is 6.04 Å². The first kappa shape index (κ1) is 18.7. The molecule has 2 N–H and O–H groups in total. The molecule has 1 unspecified atom stereocenters. The Hall–Kier alpha value is -1.64. The number of carbonyl (C=O) groups is 2. The molecule has 1 aromatic rings. The topological polar surface area (TPSA) is 112 Å². The largest absolute Gasteiger partial charge is 0.481 e. The summed E-state index contributed by atoms with van der Waals surface area (Å²) in [5.74, 6) is -3.11. The maximum absolute atomic E-state index is 12.5. The fraction of sp³-hybridized carbons (Fsp3) is 0.467. The Morgan fingerprint density at radius 1 is 1.25 bits per heavy atom. The summed E-state index contributed by atoms with van der Waals surface area (Å²) in [6.07, 6.45) is -0.0816. The van der Waals surface area contributed by atoms with E-state index in [1.165, 1.54) is 0 Å². The Labute approximate surface area is 144 Å². The number of aliphatic carboxylic acids is 2. The molecule has 1 saturated heterocycles. The Bertz CT molecular complexity index is 735. The van der Waals surface area contributed by atoms with Crippen LogP contribution in [0.25, 0.3) is 0 Å². The molecule has 132 valence electrons. The average Bonchev–Trinajstić information content (AvgIpc) is 2.90. The Morgan fingerprint density at radius 3 is 2.50 bits per heavy atom. The number of benzene rings is 1. The molecule has 0 amide bonds. The third kappa shape index (κ3) is 4.46. The van der Waals surface area contributed by atoms with E-state index in [1.54, 1.807) is 24.3 Å². The second-order valence-electron chi connectivity index (χ2n) is 5.78. The summed E-state index contributed by atoms with van der Waals surface area (Å²) in [6, 6.07) is 5.63. The van der Waals surface area contributed by atoms with Crippen LogP contribution in [0.15, 0.2) is 24.3 Å². The molecule has 0 aromatic heterocycles. The van der Waals surface area contributed by atoms with Crippen molar-refractivity contribution in [3.63, 3.8) is 0 Å². The van der Waals surface area contributed by atoms with Gasteiger partial charge >= 0.3 is 11.9 Å². The van der Waals surface area contributed by atoms with Crippen molar-refractivity contribution in [2.45, 2.75) is 25.3 Å². The van der Waals surface area contributed by atoms with E-state index < -0.39 is 33.9 Å². The zero-order valence-corrected chi connectivity index (χ0v) is 14.3. The molecule has 1 aromatic carbocycles. The van der Waals surface area contributed by atoms with Crippen molar-refractivity contribution < 1.29 is 28.2 Å². The van der Waals surface area contributed by atoms with Crippen molar-refractivity contribution in [2.75, 3.05) is 12.3 Å². The third-order valence-corrected chi connectivity index (χ3v) is 6.24. The van der Waals surface area contributed by atoms with Crippen molar-refractivity contribution in [3.05, 3.63) is 34.9 Å². The molecule has 0 saturated carbocycles. The van der Waals surface area contributed by atoms with Crippen LogP contribution >= 0.6 is 11.6 Å². The van der Waals surface area contributed by atoms with E-state index in [1.807, 2.05) is 0 Å². The maximum Gasteiger partial charge on any atom is 0.322 e. The second kappa shape index (κ2) is 7.50. The molecule has 0 radical (unpaired) electrons. The highest BCUT2D eigenvalue weighted by Crippen LogP contribution is 2.29. The summed E-state index contributed by atoms with van der Waals surface area (Å²) >= 11 is 6.00. The van der Waals surface area contributed by atoms with Gasteiger partial charge in [-0.05, 0) is 30.4 Å². The van der Waals surface area contributed by atoms with Crippen LogP contribution in [0, 0.1) is 5.92 Å².